The van der Waals surface area contributed by atoms with Crippen LogP contribution in [-0.2, 0) is 4.57 Å². The van der Waals surface area contributed by atoms with Gasteiger partial charge < -0.3 is 30.3 Å². The number of rotatable bonds is 3. The summed E-state index contributed by atoms with van der Waals surface area (Å²) in [5.41, 5.74) is 5.76. The Bertz CT molecular complexity index is 894. The number of hydrogen-bond acceptors (Lipinski definition) is 7. The van der Waals surface area contributed by atoms with E-state index in [1.807, 2.05) is 0 Å². The van der Waals surface area contributed by atoms with E-state index in [4.69, 9.17) is 15.5 Å². The average Bonchev–Trinajstić information content (AvgIpc) is 3.00. The molecule has 2 aromatic rings. The van der Waals surface area contributed by atoms with Gasteiger partial charge in [0.25, 0.3) is 0 Å². The standard InChI is InChI=1S/C13H16N5O5P/c14-11-7-12(16-4-15-11)18(5-17-7)8-6-3-13(6,10(20)9(8)19)1-2-24(21,22)23/h1-2,4-6,8-10,19-20H,3H2,(H2,14,15,16)(H2,21,22,23)/b2-1+/t6-,8-,9+,10+,13+/m1/s1. The summed E-state index contributed by atoms with van der Waals surface area (Å²) in [6.07, 6.45) is 2.37. The number of nitrogen functional groups attached to an aromatic ring is 1. The van der Waals surface area contributed by atoms with Gasteiger partial charge >= 0.3 is 7.60 Å². The van der Waals surface area contributed by atoms with E-state index in [9.17, 15) is 14.8 Å². The molecule has 2 saturated carbocycles. The Balaban J connectivity index is 1.74. The van der Waals surface area contributed by atoms with Gasteiger partial charge in [0.15, 0.2) is 11.5 Å². The molecule has 0 saturated heterocycles. The molecule has 2 aromatic heterocycles. The van der Waals surface area contributed by atoms with E-state index in [2.05, 4.69) is 15.0 Å². The molecule has 2 fully saturated rings. The highest BCUT2D eigenvalue weighted by atomic mass is 31.2. The maximum atomic E-state index is 11.1. The molecule has 128 valence electrons. The van der Waals surface area contributed by atoms with Crippen molar-refractivity contribution in [1.82, 2.24) is 19.5 Å². The van der Waals surface area contributed by atoms with Crippen LogP contribution in [0, 0.1) is 11.3 Å². The molecule has 0 spiro atoms. The van der Waals surface area contributed by atoms with Gasteiger partial charge in [-0.15, -0.1) is 0 Å². The molecule has 2 aliphatic carbocycles. The van der Waals surface area contributed by atoms with E-state index in [1.54, 1.807) is 4.57 Å². The van der Waals surface area contributed by atoms with E-state index >= 15 is 0 Å². The number of hydrogen-bond donors (Lipinski definition) is 5. The summed E-state index contributed by atoms with van der Waals surface area (Å²) in [7, 11) is -4.34. The number of aliphatic hydroxyl groups is 2. The van der Waals surface area contributed by atoms with Crippen LogP contribution >= 0.6 is 7.60 Å². The van der Waals surface area contributed by atoms with E-state index in [0.717, 1.165) is 5.82 Å². The predicted molar refractivity (Wildman–Crippen MR) is 82.5 cm³/mol. The first-order valence-corrected chi connectivity index (χ1v) is 8.97. The SMILES string of the molecule is Nc1ncnc2c1ncn2[C@H]1[C@H](O)[C@H](O)[C@@]2(/C=C/P(=O)(O)O)C[C@H]12. The maximum Gasteiger partial charge on any atom is 0.348 e. The van der Waals surface area contributed by atoms with Crippen molar-refractivity contribution in [1.29, 1.82) is 0 Å². The lowest BCUT2D eigenvalue weighted by molar-refractivity contribution is -0.00808. The van der Waals surface area contributed by atoms with Crippen molar-refractivity contribution in [2.45, 2.75) is 24.7 Å². The minimum atomic E-state index is -4.34. The van der Waals surface area contributed by atoms with Gasteiger partial charge in [-0.1, -0.05) is 6.08 Å². The predicted octanol–water partition coefficient (Wildman–Crippen LogP) is -0.617. The Kier molecular flexibility index (Phi) is 3.16. The second-order valence-electron chi connectivity index (χ2n) is 6.34. The van der Waals surface area contributed by atoms with Crippen molar-refractivity contribution in [2.75, 3.05) is 5.73 Å². The number of nitrogens with zero attached hydrogens (tertiary/aromatic N) is 4. The van der Waals surface area contributed by atoms with E-state index < -0.39 is 31.3 Å². The Hall–Kier alpha value is -1.84. The van der Waals surface area contributed by atoms with E-state index in [1.165, 1.54) is 18.7 Å². The maximum absolute atomic E-state index is 11.1. The quantitative estimate of drug-likeness (QED) is 0.452. The highest BCUT2D eigenvalue weighted by Crippen LogP contribution is 2.69. The van der Waals surface area contributed by atoms with Gasteiger partial charge in [0, 0.05) is 11.2 Å². The topological polar surface area (TPSA) is 168 Å². The first kappa shape index (κ1) is 15.7. The third-order valence-electron chi connectivity index (χ3n) is 5.03. The van der Waals surface area contributed by atoms with Gasteiger partial charge in [-0.25, -0.2) is 15.0 Å². The number of aromatic nitrogens is 4. The minimum absolute atomic E-state index is 0.182. The van der Waals surface area contributed by atoms with Crippen molar-refractivity contribution in [2.24, 2.45) is 11.3 Å². The van der Waals surface area contributed by atoms with Crippen LogP contribution in [0.2, 0.25) is 0 Å². The van der Waals surface area contributed by atoms with Gasteiger partial charge in [0.1, 0.15) is 17.9 Å². The average molecular weight is 353 g/mol. The third-order valence-corrected chi connectivity index (χ3v) is 5.56. The molecule has 4 rings (SSSR count). The molecule has 0 bridgehead atoms. The number of aliphatic hydroxyl groups excluding tert-OH is 2. The van der Waals surface area contributed by atoms with Gasteiger partial charge in [0.2, 0.25) is 0 Å². The molecule has 0 aliphatic heterocycles. The minimum Gasteiger partial charge on any atom is -0.389 e. The smallest absolute Gasteiger partial charge is 0.348 e. The molecular formula is C13H16N5O5P. The number of nitrogens with two attached hydrogens (primary N) is 1. The molecular weight excluding hydrogens is 337 g/mol. The molecule has 5 atom stereocenters. The van der Waals surface area contributed by atoms with Crippen LogP contribution in [0.5, 0.6) is 0 Å². The lowest BCUT2D eigenvalue weighted by atomic mass is 10.00. The van der Waals surface area contributed by atoms with Gasteiger partial charge in [0.05, 0.1) is 18.5 Å². The van der Waals surface area contributed by atoms with E-state index in [-0.39, 0.29) is 11.7 Å². The van der Waals surface area contributed by atoms with Crippen molar-refractivity contribution in [3.63, 3.8) is 0 Å². The molecule has 6 N–H and O–H groups in total. The molecule has 2 heterocycles. The highest BCUT2D eigenvalue weighted by Gasteiger charge is 2.70. The van der Waals surface area contributed by atoms with Crippen LogP contribution in [0.4, 0.5) is 5.82 Å². The van der Waals surface area contributed by atoms with Crippen molar-refractivity contribution in [3.8, 4) is 0 Å². The van der Waals surface area contributed by atoms with Gasteiger partial charge in [-0.2, -0.15) is 0 Å². The Labute approximate surface area is 135 Å². The second kappa shape index (κ2) is 4.84. The summed E-state index contributed by atoms with van der Waals surface area (Å²) in [5.74, 6) is 0.825. The first-order valence-electron chi connectivity index (χ1n) is 7.29. The largest absolute Gasteiger partial charge is 0.389 e. The second-order valence-corrected chi connectivity index (χ2v) is 7.81. The van der Waals surface area contributed by atoms with Crippen LogP contribution in [0.25, 0.3) is 11.2 Å². The summed E-state index contributed by atoms with van der Waals surface area (Å²) in [6.45, 7) is 0. The van der Waals surface area contributed by atoms with Crippen LogP contribution in [-0.4, -0.2) is 51.7 Å². The van der Waals surface area contributed by atoms with Crippen molar-refractivity contribution >= 4 is 24.6 Å². The van der Waals surface area contributed by atoms with Crippen molar-refractivity contribution < 1.29 is 24.6 Å². The highest BCUT2D eigenvalue weighted by molar-refractivity contribution is 7.55. The van der Waals surface area contributed by atoms with Gasteiger partial charge in [-0.05, 0) is 12.3 Å². The fraction of sp³-hybridized carbons (Fsp3) is 0.462. The molecule has 0 amide bonds. The molecule has 24 heavy (non-hydrogen) atoms. The molecule has 0 aromatic carbocycles. The lowest BCUT2D eigenvalue weighted by Gasteiger charge is -2.23. The first-order chi connectivity index (χ1) is 11.2. The monoisotopic (exact) mass is 353 g/mol. The fourth-order valence-corrected chi connectivity index (χ4v) is 4.29. The number of anilines is 1. The Morgan fingerprint density at radius 3 is 2.79 bits per heavy atom. The molecule has 2 aliphatic rings. The summed E-state index contributed by atoms with van der Waals surface area (Å²) in [5, 5.41) is 20.9. The van der Waals surface area contributed by atoms with Crippen LogP contribution < -0.4 is 5.73 Å². The van der Waals surface area contributed by atoms with Gasteiger partial charge in [-0.3, -0.25) is 4.57 Å². The summed E-state index contributed by atoms with van der Waals surface area (Å²) in [6, 6.07) is -0.513. The number of fused-ring (bicyclic) bond motifs is 2. The zero-order valence-corrected chi connectivity index (χ0v) is 13.2. The fourth-order valence-electron chi connectivity index (χ4n) is 3.82. The lowest BCUT2D eigenvalue weighted by Crippen LogP contribution is -2.33. The third kappa shape index (κ3) is 2.11. The zero-order valence-electron chi connectivity index (χ0n) is 12.3. The Morgan fingerprint density at radius 2 is 2.08 bits per heavy atom. The van der Waals surface area contributed by atoms with Crippen molar-refractivity contribution in [3.05, 3.63) is 24.5 Å². The van der Waals surface area contributed by atoms with Crippen LogP contribution in [0.1, 0.15) is 12.5 Å². The molecule has 0 radical (unpaired) electrons. The summed E-state index contributed by atoms with van der Waals surface area (Å²) < 4.78 is 12.7. The molecule has 0 unspecified atom stereocenters. The molecule has 10 nitrogen and oxygen atoms in total. The van der Waals surface area contributed by atoms with Crippen LogP contribution in [0.3, 0.4) is 0 Å². The zero-order chi connectivity index (χ0) is 17.3. The normalized spacial score (nSPS) is 35.7. The molecule has 11 heteroatoms. The number of imidazole rings is 1. The van der Waals surface area contributed by atoms with Crippen LogP contribution in [0.15, 0.2) is 24.5 Å². The summed E-state index contributed by atoms with van der Waals surface area (Å²) in [4.78, 5) is 30.2. The summed E-state index contributed by atoms with van der Waals surface area (Å²) >= 11 is 0. The Morgan fingerprint density at radius 1 is 1.33 bits per heavy atom. The van der Waals surface area contributed by atoms with E-state index in [0.29, 0.717) is 17.6 Å².